The van der Waals surface area contributed by atoms with Crippen molar-refractivity contribution >= 4 is 35.3 Å². The normalized spacial score (nSPS) is 11.3. The van der Waals surface area contributed by atoms with E-state index < -0.39 is 17.9 Å². The summed E-state index contributed by atoms with van der Waals surface area (Å²) in [5.41, 5.74) is 1.32. The van der Waals surface area contributed by atoms with Crippen molar-refractivity contribution in [3.05, 3.63) is 29.8 Å². The van der Waals surface area contributed by atoms with Gasteiger partial charge < -0.3 is 26.0 Å². The fourth-order valence-electron chi connectivity index (χ4n) is 2.90. The molecule has 1 rings (SSSR count). The minimum absolute atomic E-state index is 0.0266. The molecule has 0 radical (unpaired) electrons. The number of amides is 4. The van der Waals surface area contributed by atoms with Crippen molar-refractivity contribution < 1.29 is 28.7 Å². The standard InChI is InChI=1S/C24H36N4O6/c1-5-20(30)25-13-7-6-8-21(31)28-23(16(2)3)24(33)26-14-22(32)27-19-11-9-18(10-12-19)15-34-17(4)29/h9-12,16,23H,5-8,13-15H2,1-4H3,(H,25,30)(H,26,33)(H,27,32)(H,28,31). The summed E-state index contributed by atoms with van der Waals surface area (Å²) in [4.78, 5) is 59.0. The lowest BCUT2D eigenvalue weighted by Crippen LogP contribution is -2.51. The molecule has 10 heteroatoms. The van der Waals surface area contributed by atoms with Crippen LogP contribution in [0.15, 0.2) is 24.3 Å². The molecule has 1 aromatic carbocycles. The topological polar surface area (TPSA) is 143 Å². The molecule has 4 N–H and O–H groups in total. The molecular weight excluding hydrogens is 440 g/mol. The molecule has 0 aliphatic carbocycles. The third-order valence-electron chi connectivity index (χ3n) is 4.84. The lowest BCUT2D eigenvalue weighted by atomic mass is 10.0. The summed E-state index contributed by atoms with van der Waals surface area (Å²) >= 11 is 0. The molecule has 4 amide bonds. The maximum absolute atomic E-state index is 12.5. The van der Waals surface area contributed by atoms with Crippen molar-refractivity contribution in [3.8, 4) is 0 Å². The lowest BCUT2D eigenvalue weighted by molar-refractivity contribution is -0.142. The minimum atomic E-state index is -0.763. The van der Waals surface area contributed by atoms with E-state index in [-0.39, 0.29) is 43.3 Å². The van der Waals surface area contributed by atoms with Gasteiger partial charge >= 0.3 is 5.97 Å². The smallest absolute Gasteiger partial charge is 0.302 e. The van der Waals surface area contributed by atoms with E-state index in [1.807, 2.05) is 13.8 Å². The third kappa shape index (κ3) is 12.0. The number of ether oxygens (including phenoxy) is 1. The summed E-state index contributed by atoms with van der Waals surface area (Å²) in [6.07, 6.45) is 1.92. The third-order valence-corrected chi connectivity index (χ3v) is 4.84. The molecule has 188 valence electrons. The fraction of sp³-hybridized carbons (Fsp3) is 0.542. The van der Waals surface area contributed by atoms with Gasteiger partial charge in [0.2, 0.25) is 23.6 Å². The monoisotopic (exact) mass is 476 g/mol. The predicted octanol–water partition coefficient (Wildman–Crippen LogP) is 1.64. The Balaban J connectivity index is 2.41. The second-order valence-electron chi connectivity index (χ2n) is 8.19. The molecule has 0 aliphatic rings. The first-order valence-corrected chi connectivity index (χ1v) is 11.5. The molecule has 0 aliphatic heterocycles. The lowest BCUT2D eigenvalue weighted by Gasteiger charge is -2.21. The van der Waals surface area contributed by atoms with E-state index in [2.05, 4.69) is 21.3 Å². The van der Waals surface area contributed by atoms with Gasteiger partial charge in [-0.2, -0.15) is 0 Å². The van der Waals surface area contributed by atoms with Crippen LogP contribution in [0.25, 0.3) is 0 Å². The first-order valence-electron chi connectivity index (χ1n) is 11.5. The van der Waals surface area contributed by atoms with Crippen LogP contribution in [0.3, 0.4) is 0 Å². The van der Waals surface area contributed by atoms with Crippen molar-refractivity contribution in [2.24, 2.45) is 5.92 Å². The Morgan fingerprint density at radius 2 is 1.59 bits per heavy atom. The maximum Gasteiger partial charge on any atom is 0.302 e. The molecular formula is C24H36N4O6. The van der Waals surface area contributed by atoms with E-state index in [1.165, 1.54) is 6.92 Å². The van der Waals surface area contributed by atoms with E-state index >= 15 is 0 Å². The van der Waals surface area contributed by atoms with Gasteiger partial charge in [-0.3, -0.25) is 24.0 Å². The van der Waals surface area contributed by atoms with E-state index in [0.717, 1.165) is 5.56 Å². The number of esters is 1. The van der Waals surface area contributed by atoms with Crippen LogP contribution < -0.4 is 21.3 Å². The largest absolute Gasteiger partial charge is 0.461 e. The van der Waals surface area contributed by atoms with Crippen LogP contribution in [0.1, 0.15) is 58.9 Å². The van der Waals surface area contributed by atoms with Gasteiger partial charge in [-0.05, 0) is 36.5 Å². The molecule has 10 nitrogen and oxygen atoms in total. The highest BCUT2D eigenvalue weighted by atomic mass is 16.5. The zero-order valence-electron chi connectivity index (χ0n) is 20.4. The highest BCUT2D eigenvalue weighted by Crippen LogP contribution is 2.10. The number of anilines is 1. The van der Waals surface area contributed by atoms with Crippen LogP contribution >= 0.6 is 0 Å². The van der Waals surface area contributed by atoms with Gasteiger partial charge in [0, 0.05) is 32.0 Å². The quantitative estimate of drug-likeness (QED) is 0.237. The molecule has 34 heavy (non-hydrogen) atoms. The van der Waals surface area contributed by atoms with E-state index in [9.17, 15) is 24.0 Å². The van der Waals surface area contributed by atoms with Gasteiger partial charge in [-0.25, -0.2) is 0 Å². The predicted molar refractivity (Wildman–Crippen MR) is 127 cm³/mol. The summed E-state index contributed by atoms with van der Waals surface area (Å²) in [6.45, 7) is 7.13. The zero-order valence-corrected chi connectivity index (χ0v) is 20.4. The number of hydrogen-bond acceptors (Lipinski definition) is 6. The molecule has 0 bridgehead atoms. The number of unbranched alkanes of at least 4 members (excludes halogenated alkanes) is 1. The zero-order chi connectivity index (χ0) is 25.5. The van der Waals surface area contributed by atoms with Crippen LogP contribution in [0, 0.1) is 5.92 Å². The second kappa shape index (κ2) is 15.4. The molecule has 0 saturated carbocycles. The second-order valence-corrected chi connectivity index (χ2v) is 8.19. The van der Waals surface area contributed by atoms with Crippen LogP contribution in [0.2, 0.25) is 0 Å². The number of rotatable bonds is 14. The summed E-state index contributed by atoms with van der Waals surface area (Å²) in [7, 11) is 0. The Hall–Kier alpha value is -3.43. The van der Waals surface area contributed by atoms with Gasteiger partial charge in [0.25, 0.3) is 0 Å². The average Bonchev–Trinajstić information content (AvgIpc) is 2.79. The van der Waals surface area contributed by atoms with E-state index in [1.54, 1.807) is 31.2 Å². The summed E-state index contributed by atoms with van der Waals surface area (Å²) in [5.74, 6) is -1.67. The van der Waals surface area contributed by atoms with Crippen molar-refractivity contribution in [1.82, 2.24) is 16.0 Å². The highest BCUT2D eigenvalue weighted by Gasteiger charge is 2.24. The fourth-order valence-corrected chi connectivity index (χ4v) is 2.90. The molecule has 1 unspecified atom stereocenters. The van der Waals surface area contributed by atoms with Gasteiger partial charge in [0.1, 0.15) is 12.6 Å². The van der Waals surface area contributed by atoms with Crippen LogP contribution in [-0.2, 0) is 35.3 Å². The van der Waals surface area contributed by atoms with Crippen molar-refractivity contribution in [2.45, 2.75) is 66.0 Å². The Labute approximate surface area is 200 Å². The van der Waals surface area contributed by atoms with Crippen molar-refractivity contribution in [1.29, 1.82) is 0 Å². The average molecular weight is 477 g/mol. The van der Waals surface area contributed by atoms with Crippen molar-refractivity contribution in [3.63, 3.8) is 0 Å². The summed E-state index contributed by atoms with van der Waals surface area (Å²) in [5, 5.41) is 10.7. The number of hydrogen-bond donors (Lipinski definition) is 4. The van der Waals surface area contributed by atoms with Crippen LogP contribution in [0.4, 0.5) is 5.69 Å². The molecule has 0 heterocycles. The Bertz CT molecular complexity index is 838. The van der Waals surface area contributed by atoms with Crippen LogP contribution in [0.5, 0.6) is 0 Å². The Kier molecular flexibility index (Phi) is 13.0. The SMILES string of the molecule is CCC(=O)NCCCCC(=O)NC(C(=O)NCC(=O)Nc1ccc(COC(C)=O)cc1)C(C)C. The molecule has 0 spiro atoms. The van der Waals surface area contributed by atoms with Gasteiger partial charge in [0.15, 0.2) is 0 Å². The number of carbonyl (C=O) groups is 5. The number of benzene rings is 1. The molecule has 0 fully saturated rings. The van der Waals surface area contributed by atoms with E-state index in [0.29, 0.717) is 31.5 Å². The molecule has 1 aromatic rings. The molecule has 0 aromatic heterocycles. The number of carbonyl (C=O) groups excluding carboxylic acids is 5. The Morgan fingerprint density at radius 1 is 0.912 bits per heavy atom. The molecule has 1 atom stereocenters. The summed E-state index contributed by atoms with van der Waals surface area (Å²) in [6, 6.07) is 6.02. The van der Waals surface area contributed by atoms with Crippen LogP contribution in [-0.4, -0.2) is 48.7 Å². The highest BCUT2D eigenvalue weighted by molar-refractivity contribution is 5.96. The summed E-state index contributed by atoms with van der Waals surface area (Å²) < 4.78 is 4.91. The molecule has 0 saturated heterocycles. The first kappa shape index (κ1) is 28.6. The maximum atomic E-state index is 12.5. The number of nitrogens with one attached hydrogen (secondary N) is 4. The van der Waals surface area contributed by atoms with Gasteiger partial charge in [-0.15, -0.1) is 0 Å². The Morgan fingerprint density at radius 3 is 2.18 bits per heavy atom. The van der Waals surface area contributed by atoms with Gasteiger partial charge in [0.05, 0.1) is 6.54 Å². The van der Waals surface area contributed by atoms with E-state index in [4.69, 9.17) is 4.74 Å². The first-order chi connectivity index (χ1) is 16.1. The van der Waals surface area contributed by atoms with Crippen molar-refractivity contribution in [2.75, 3.05) is 18.4 Å². The van der Waals surface area contributed by atoms with Gasteiger partial charge in [-0.1, -0.05) is 32.9 Å². The minimum Gasteiger partial charge on any atom is -0.461 e.